The molecule has 1 aromatic carbocycles. The van der Waals surface area contributed by atoms with Crippen molar-refractivity contribution in [1.82, 2.24) is 0 Å². The minimum Gasteiger partial charge on any atom is -0.409 e. The minimum absolute atomic E-state index is 0.0650. The zero-order chi connectivity index (χ0) is 12.1. The summed E-state index contributed by atoms with van der Waals surface area (Å²) in [7, 11) is 0. The third kappa shape index (κ3) is 3.04. The fourth-order valence-electron chi connectivity index (χ4n) is 1.06. The largest absolute Gasteiger partial charge is 0.409 e. The predicted octanol–water partition coefficient (Wildman–Crippen LogP) is 1.65. The quantitative estimate of drug-likeness (QED) is 0.243. The highest BCUT2D eigenvalue weighted by Gasteiger charge is 2.10. The van der Waals surface area contributed by atoms with E-state index in [0.29, 0.717) is 6.07 Å². The maximum atomic E-state index is 13.1. The molecule has 0 fully saturated rings. The molecule has 0 aliphatic heterocycles. The standard InChI is InChI=1S/C9H10F3N3O/c10-5-3-6(11)9(12)7(4-5)14-2-1-8(13)15-16/h3-4,14,16H,1-2H2,(H2,13,15). The van der Waals surface area contributed by atoms with Crippen LogP contribution in [0, 0.1) is 17.5 Å². The number of benzene rings is 1. The van der Waals surface area contributed by atoms with Gasteiger partial charge in [0.25, 0.3) is 0 Å². The first-order chi connectivity index (χ1) is 7.54. The van der Waals surface area contributed by atoms with Gasteiger partial charge in [-0.1, -0.05) is 5.16 Å². The molecule has 0 bridgehead atoms. The predicted molar refractivity (Wildman–Crippen MR) is 52.8 cm³/mol. The van der Waals surface area contributed by atoms with E-state index in [0.717, 1.165) is 6.07 Å². The van der Waals surface area contributed by atoms with Crippen LogP contribution in [0.3, 0.4) is 0 Å². The number of amidine groups is 1. The third-order valence-corrected chi connectivity index (χ3v) is 1.82. The molecule has 4 N–H and O–H groups in total. The Kier molecular flexibility index (Phi) is 3.98. The molecule has 0 aliphatic carbocycles. The van der Waals surface area contributed by atoms with Gasteiger partial charge in [0.15, 0.2) is 11.6 Å². The van der Waals surface area contributed by atoms with Crippen LogP contribution in [0.1, 0.15) is 6.42 Å². The Labute approximate surface area is 89.6 Å². The molecule has 0 atom stereocenters. The van der Waals surface area contributed by atoms with Crippen molar-refractivity contribution in [3.8, 4) is 0 Å². The zero-order valence-corrected chi connectivity index (χ0v) is 8.17. The van der Waals surface area contributed by atoms with Crippen molar-refractivity contribution in [3.05, 3.63) is 29.6 Å². The van der Waals surface area contributed by atoms with Gasteiger partial charge in [-0.3, -0.25) is 0 Å². The van der Waals surface area contributed by atoms with E-state index in [1.54, 1.807) is 0 Å². The number of oxime groups is 1. The summed E-state index contributed by atoms with van der Waals surface area (Å²) in [5.74, 6) is -3.39. The summed E-state index contributed by atoms with van der Waals surface area (Å²) in [6, 6.07) is 1.27. The van der Waals surface area contributed by atoms with Crippen molar-refractivity contribution in [2.45, 2.75) is 6.42 Å². The van der Waals surface area contributed by atoms with Crippen LogP contribution in [0.2, 0.25) is 0 Å². The monoisotopic (exact) mass is 233 g/mol. The van der Waals surface area contributed by atoms with Crippen LogP contribution in [-0.4, -0.2) is 17.6 Å². The lowest BCUT2D eigenvalue weighted by atomic mass is 10.2. The van der Waals surface area contributed by atoms with E-state index < -0.39 is 17.5 Å². The molecule has 0 heterocycles. The second kappa shape index (κ2) is 5.24. The number of rotatable bonds is 4. The van der Waals surface area contributed by atoms with Crippen molar-refractivity contribution < 1.29 is 18.4 Å². The van der Waals surface area contributed by atoms with Crippen molar-refractivity contribution in [2.24, 2.45) is 10.9 Å². The first-order valence-electron chi connectivity index (χ1n) is 4.39. The highest BCUT2D eigenvalue weighted by atomic mass is 19.2. The summed E-state index contributed by atoms with van der Waals surface area (Å²) in [6.45, 7) is 0.0930. The number of nitrogens with zero attached hydrogens (tertiary/aromatic N) is 1. The minimum atomic E-state index is -1.27. The Morgan fingerprint density at radius 1 is 1.38 bits per heavy atom. The van der Waals surface area contributed by atoms with Crippen LogP contribution < -0.4 is 11.1 Å². The molecule has 16 heavy (non-hydrogen) atoms. The van der Waals surface area contributed by atoms with Crippen molar-refractivity contribution in [2.75, 3.05) is 11.9 Å². The fourth-order valence-corrected chi connectivity index (χ4v) is 1.06. The molecular formula is C9H10F3N3O. The lowest BCUT2D eigenvalue weighted by Crippen LogP contribution is -2.17. The molecule has 4 nitrogen and oxygen atoms in total. The SMILES string of the molecule is NC(CCNc1cc(F)cc(F)c1F)=NO. The number of nitrogens with two attached hydrogens (primary N) is 1. The maximum Gasteiger partial charge on any atom is 0.182 e. The molecule has 0 saturated heterocycles. The number of anilines is 1. The average molecular weight is 233 g/mol. The molecule has 0 spiro atoms. The van der Waals surface area contributed by atoms with Gasteiger partial charge in [-0.2, -0.15) is 0 Å². The van der Waals surface area contributed by atoms with E-state index >= 15 is 0 Å². The van der Waals surface area contributed by atoms with E-state index in [-0.39, 0.29) is 24.5 Å². The lowest BCUT2D eigenvalue weighted by Gasteiger charge is -2.07. The Morgan fingerprint density at radius 2 is 2.06 bits per heavy atom. The normalized spacial score (nSPS) is 11.6. The van der Waals surface area contributed by atoms with Crippen LogP contribution in [0.15, 0.2) is 17.3 Å². The van der Waals surface area contributed by atoms with Crippen LogP contribution in [0.5, 0.6) is 0 Å². The molecule has 7 heteroatoms. The van der Waals surface area contributed by atoms with Gasteiger partial charge in [-0.05, 0) is 0 Å². The highest BCUT2D eigenvalue weighted by Crippen LogP contribution is 2.18. The van der Waals surface area contributed by atoms with Crippen LogP contribution in [0.25, 0.3) is 0 Å². The van der Waals surface area contributed by atoms with Crippen LogP contribution >= 0.6 is 0 Å². The number of nitrogens with one attached hydrogen (secondary N) is 1. The van der Waals surface area contributed by atoms with Gasteiger partial charge in [-0.15, -0.1) is 0 Å². The number of hydrogen-bond acceptors (Lipinski definition) is 3. The first-order valence-corrected chi connectivity index (χ1v) is 4.39. The molecular weight excluding hydrogens is 223 g/mol. The summed E-state index contributed by atoms with van der Waals surface area (Å²) >= 11 is 0. The summed E-state index contributed by atoms with van der Waals surface area (Å²) in [4.78, 5) is 0. The summed E-state index contributed by atoms with van der Waals surface area (Å²) in [6.07, 6.45) is 0.119. The van der Waals surface area contributed by atoms with Gasteiger partial charge in [0.2, 0.25) is 0 Å². The second-order valence-corrected chi connectivity index (χ2v) is 3.02. The summed E-state index contributed by atoms with van der Waals surface area (Å²) in [5, 5.41) is 13.3. The Hall–Kier alpha value is -1.92. The van der Waals surface area contributed by atoms with E-state index in [4.69, 9.17) is 10.9 Å². The van der Waals surface area contributed by atoms with Gasteiger partial charge >= 0.3 is 0 Å². The van der Waals surface area contributed by atoms with Gasteiger partial charge < -0.3 is 16.3 Å². The van der Waals surface area contributed by atoms with E-state index in [2.05, 4.69) is 10.5 Å². The Balaban J connectivity index is 2.67. The van der Waals surface area contributed by atoms with Crippen molar-refractivity contribution in [3.63, 3.8) is 0 Å². The maximum absolute atomic E-state index is 13.1. The molecule has 0 saturated carbocycles. The second-order valence-electron chi connectivity index (χ2n) is 3.02. The van der Waals surface area contributed by atoms with Gasteiger partial charge in [0, 0.05) is 25.1 Å². The Morgan fingerprint density at radius 3 is 2.69 bits per heavy atom. The first kappa shape index (κ1) is 12.2. The topological polar surface area (TPSA) is 70.6 Å². The molecule has 1 rings (SSSR count). The van der Waals surface area contributed by atoms with Crippen LogP contribution in [-0.2, 0) is 0 Å². The summed E-state index contributed by atoms with van der Waals surface area (Å²) in [5.41, 5.74) is 4.85. The van der Waals surface area contributed by atoms with E-state index in [1.807, 2.05) is 0 Å². The molecule has 0 aliphatic rings. The molecule has 0 amide bonds. The van der Waals surface area contributed by atoms with Gasteiger partial charge in [0.1, 0.15) is 11.7 Å². The molecule has 0 aromatic heterocycles. The zero-order valence-electron chi connectivity index (χ0n) is 8.17. The summed E-state index contributed by atoms with van der Waals surface area (Å²) < 4.78 is 38.5. The molecule has 88 valence electrons. The number of halogens is 3. The van der Waals surface area contributed by atoms with Crippen molar-refractivity contribution in [1.29, 1.82) is 0 Å². The molecule has 1 aromatic rings. The third-order valence-electron chi connectivity index (χ3n) is 1.82. The smallest absolute Gasteiger partial charge is 0.182 e. The molecule has 0 radical (unpaired) electrons. The van der Waals surface area contributed by atoms with Crippen LogP contribution in [0.4, 0.5) is 18.9 Å². The van der Waals surface area contributed by atoms with Gasteiger partial charge in [0.05, 0.1) is 5.69 Å². The highest BCUT2D eigenvalue weighted by molar-refractivity contribution is 5.80. The van der Waals surface area contributed by atoms with E-state index in [9.17, 15) is 13.2 Å². The van der Waals surface area contributed by atoms with Crippen molar-refractivity contribution >= 4 is 11.5 Å². The van der Waals surface area contributed by atoms with E-state index in [1.165, 1.54) is 0 Å². The fraction of sp³-hybridized carbons (Fsp3) is 0.222. The molecule has 0 unspecified atom stereocenters. The Bertz CT molecular complexity index is 409. The lowest BCUT2D eigenvalue weighted by molar-refractivity contribution is 0.317. The average Bonchev–Trinajstić information content (AvgIpc) is 2.24. The number of hydrogen-bond donors (Lipinski definition) is 3. The van der Waals surface area contributed by atoms with Gasteiger partial charge in [-0.25, -0.2) is 13.2 Å².